The van der Waals surface area contributed by atoms with Crippen molar-refractivity contribution in [3.63, 3.8) is 0 Å². The van der Waals surface area contributed by atoms with E-state index in [1.54, 1.807) is 25.4 Å². The molecule has 18 heavy (non-hydrogen) atoms. The van der Waals surface area contributed by atoms with Crippen LogP contribution in [0.1, 0.15) is 5.69 Å². The van der Waals surface area contributed by atoms with Crippen LogP contribution in [0.2, 0.25) is 0 Å². The quantitative estimate of drug-likeness (QED) is 0.865. The van der Waals surface area contributed by atoms with E-state index in [0.717, 1.165) is 5.69 Å². The molecule has 0 radical (unpaired) electrons. The molecule has 0 aliphatic heterocycles. The molecule has 0 amide bonds. The van der Waals surface area contributed by atoms with Crippen LogP contribution >= 0.6 is 15.9 Å². The number of methoxy groups -OCH3 is 1. The van der Waals surface area contributed by atoms with E-state index >= 15 is 0 Å². The van der Waals surface area contributed by atoms with E-state index < -0.39 is 0 Å². The summed E-state index contributed by atoms with van der Waals surface area (Å²) in [6.07, 6.45) is 1.62. The Balaban J connectivity index is 1.99. The number of hydrogen-bond donors (Lipinski definition) is 0. The maximum absolute atomic E-state index is 13.0. The van der Waals surface area contributed by atoms with Gasteiger partial charge in [0.1, 0.15) is 23.9 Å². The van der Waals surface area contributed by atoms with Crippen molar-refractivity contribution in [3.05, 3.63) is 52.5 Å². The lowest BCUT2D eigenvalue weighted by molar-refractivity contribution is 0.300. The lowest BCUT2D eigenvalue weighted by Gasteiger charge is -2.07. The first-order chi connectivity index (χ1) is 8.69. The van der Waals surface area contributed by atoms with Gasteiger partial charge in [0.2, 0.25) is 0 Å². The summed E-state index contributed by atoms with van der Waals surface area (Å²) >= 11 is 3.10. The van der Waals surface area contributed by atoms with Crippen LogP contribution in [0.3, 0.4) is 0 Å². The van der Waals surface area contributed by atoms with Gasteiger partial charge in [0, 0.05) is 0 Å². The highest BCUT2D eigenvalue weighted by Gasteiger charge is 2.02. The number of halogens is 2. The van der Waals surface area contributed by atoms with Crippen LogP contribution in [0.25, 0.3) is 0 Å². The maximum Gasteiger partial charge on any atom is 0.137 e. The summed E-state index contributed by atoms with van der Waals surface area (Å²) in [6, 6.07) is 8.13. The minimum Gasteiger partial charge on any atom is -0.495 e. The third-order valence-corrected chi connectivity index (χ3v) is 2.92. The van der Waals surface area contributed by atoms with E-state index in [1.807, 2.05) is 12.1 Å². The molecule has 5 heteroatoms. The molecule has 0 saturated heterocycles. The van der Waals surface area contributed by atoms with Crippen molar-refractivity contribution in [3.8, 4) is 11.5 Å². The minimum absolute atomic E-state index is 0.315. The Morgan fingerprint density at radius 3 is 2.61 bits per heavy atom. The first kappa shape index (κ1) is 12.8. The molecule has 0 fully saturated rings. The van der Waals surface area contributed by atoms with Crippen molar-refractivity contribution < 1.29 is 13.9 Å². The highest BCUT2D eigenvalue weighted by molar-refractivity contribution is 9.10. The van der Waals surface area contributed by atoms with Gasteiger partial charge in [-0.15, -0.1) is 0 Å². The number of hydrogen-bond acceptors (Lipinski definition) is 3. The molecule has 1 aromatic carbocycles. The van der Waals surface area contributed by atoms with E-state index in [9.17, 15) is 4.39 Å². The van der Waals surface area contributed by atoms with Gasteiger partial charge in [0.15, 0.2) is 0 Å². The smallest absolute Gasteiger partial charge is 0.137 e. The van der Waals surface area contributed by atoms with E-state index in [-0.39, 0.29) is 5.82 Å². The molecule has 0 atom stereocenters. The van der Waals surface area contributed by atoms with Crippen molar-refractivity contribution in [2.75, 3.05) is 7.11 Å². The molecule has 2 rings (SSSR count). The molecule has 94 valence electrons. The summed E-state index contributed by atoms with van der Waals surface area (Å²) in [5.41, 5.74) is 0.774. The van der Waals surface area contributed by atoms with Gasteiger partial charge in [-0.05, 0) is 46.3 Å². The summed E-state index contributed by atoms with van der Waals surface area (Å²) in [7, 11) is 1.59. The molecule has 0 bridgehead atoms. The molecule has 0 aliphatic carbocycles. The Kier molecular flexibility index (Phi) is 4.15. The second kappa shape index (κ2) is 5.82. The van der Waals surface area contributed by atoms with Crippen molar-refractivity contribution in [1.29, 1.82) is 0 Å². The number of nitrogens with zero attached hydrogens (tertiary/aromatic N) is 1. The molecule has 2 aromatic rings. The molecule has 0 N–H and O–H groups in total. The van der Waals surface area contributed by atoms with Crippen molar-refractivity contribution in [2.45, 2.75) is 6.61 Å². The van der Waals surface area contributed by atoms with Crippen molar-refractivity contribution in [1.82, 2.24) is 4.98 Å². The monoisotopic (exact) mass is 311 g/mol. The van der Waals surface area contributed by atoms with Crippen LogP contribution < -0.4 is 9.47 Å². The Morgan fingerprint density at radius 2 is 2.00 bits per heavy atom. The fourth-order valence-corrected chi connectivity index (χ4v) is 1.70. The average Bonchev–Trinajstić information content (AvgIpc) is 2.41. The van der Waals surface area contributed by atoms with E-state index in [1.165, 1.54) is 6.07 Å². The van der Waals surface area contributed by atoms with Crippen LogP contribution in [-0.2, 0) is 6.61 Å². The average molecular weight is 312 g/mol. The van der Waals surface area contributed by atoms with Crippen molar-refractivity contribution >= 4 is 15.9 Å². The van der Waals surface area contributed by atoms with Gasteiger partial charge >= 0.3 is 0 Å². The third-order valence-electron chi connectivity index (χ3n) is 2.31. The van der Waals surface area contributed by atoms with Gasteiger partial charge in [-0.25, -0.2) is 4.39 Å². The van der Waals surface area contributed by atoms with Crippen LogP contribution in [-0.4, -0.2) is 12.1 Å². The zero-order valence-corrected chi connectivity index (χ0v) is 11.3. The Bertz CT molecular complexity index is 531. The van der Waals surface area contributed by atoms with E-state index in [0.29, 0.717) is 22.6 Å². The van der Waals surface area contributed by atoms with Gasteiger partial charge < -0.3 is 9.47 Å². The van der Waals surface area contributed by atoms with E-state index in [4.69, 9.17) is 9.47 Å². The first-order valence-corrected chi connectivity index (χ1v) is 6.05. The Morgan fingerprint density at radius 1 is 1.22 bits per heavy atom. The summed E-state index contributed by atoms with van der Waals surface area (Å²) in [6.45, 7) is 0.321. The van der Waals surface area contributed by atoms with Crippen LogP contribution in [0.15, 0.2) is 41.0 Å². The van der Waals surface area contributed by atoms with Gasteiger partial charge in [-0.1, -0.05) is 0 Å². The molecule has 0 spiro atoms. The fraction of sp³-hybridized carbons (Fsp3) is 0.154. The predicted octanol–water partition coefficient (Wildman–Crippen LogP) is 3.57. The SMILES string of the molecule is COc1ccc(COc2ccc(F)c(Br)c2)nc1. The lowest BCUT2D eigenvalue weighted by atomic mass is 10.3. The topological polar surface area (TPSA) is 31.4 Å². The second-order valence-corrected chi connectivity index (χ2v) is 4.41. The van der Waals surface area contributed by atoms with Gasteiger partial charge in [-0.2, -0.15) is 0 Å². The second-order valence-electron chi connectivity index (χ2n) is 3.55. The lowest BCUT2D eigenvalue weighted by Crippen LogP contribution is -1.98. The highest BCUT2D eigenvalue weighted by atomic mass is 79.9. The molecule has 0 unspecified atom stereocenters. The van der Waals surface area contributed by atoms with Gasteiger partial charge in [-0.3, -0.25) is 4.98 Å². The zero-order valence-electron chi connectivity index (χ0n) is 9.69. The summed E-state index contributed by atoms with van der Waals surface area (Å²) in [5, 5.41) is 0. The molecular formula is C13H11BrFNO2. The number of ether oxygens (including phenoxy) is 2. The third kappa shape index (κ3) is 3.20. The number of rotatable bonds is 4. The van der Waals surface area contributed by atoms with Gasteiger partial charge in [0.05, 0.1) is 23.5 Å². The summed E-state index contributed by atoms with van der Waals surface area (Å²) < 4.78 is 23.9. The molecule has 1 aromatic heterocycles. The van der Waals surface area contributed by atoms with Crippen LogP contribution in [0.5, 0.6) is 11.5 Å². The largest absolute Gasteiger partial charge is 0.495 e. The molecule has 3 nitrogen and oxygen atoms in total. The zero-order chi connectivity index (χ0) is 13.0. The Hall–Kier alpha value is -1.62. The standard InChI is InChI=1S/C13H11BrFNO2/c1-17-11-3-2-9(16-7-11)8-18-10-4-5-13(15)12(14)6-10/h2-7H,8H2,1H3. The number of benzene rings is 1. The molecule has 1 heterocycles. The maximum atomic E-state index is 13.0. The highest BCUT2D eigenvalue weighted by Crippen LogP contribution is 2.22. The van der Waals surface area contributed by atoms with Crippen LogP contribution in [0, 0.1) is 5.82 Å². The number of aromatic nitrogens is 1. The van der Waals surface area contributed by atoms with E-state index in [2.05, 4.69) is 20.9 Å². The molecule has 0 aliphatic rings. The number of pyridine rings is 1. The van der Waals surface area contributed by atoms with Gasteiger partial charge in [0.25, 0.3) is 0 Å². The van der Waals surface area contributed by atoms with Crippen molar-refractivity contribution in [2.24, 2.45) is 0 Å². The Labute approximate surface area is 113 Å². The summed E-state index contributed by atoms with van der Waals surface area (Å²) in [5.74, 6) is 0.967. The summed E-state index contributed by atoms with van der Waals surface area (Å²) in [4.78, 5) is 4.17. The first-order valence-electron chi connectivity index (χ1n) is 5.26. The fourth-order valence-electron chi connectivity index (χ4n) is 1.34. The molecule has 0 saturated carbocycles. The van der Waals surface area contributed by atoms with Crippen LogP contribution in [0.4, 0.5) is 4.39 Å². The molecular weight excluding hydrogens is 301 g/mol. The normalized spacial score (nSPS) is 10.2. The minimum atomic E-state index is -0.315. The predicted molar refractivity (Wildman–Crippen MR) is 69.2 cm³/mol.